The number of nitrogens with zero attached hydrogens (tertiary/aromatic N) is 1. The molecule has 0 aliphatic heterocycles. The van der Waals surface area contributed by atoms with Crippen molar-refractivity contribution in [1.82, 2.24) is 10.3 Å². The normalized spacial score (nSPS) is 12.8. The number of nitrogen functional groups attached to an aromatic ring is 1. The fourth-order valence-corrected chi connectivity index (χ4v) is 2.76. The van der Waals surface area contributed by atoms with Gasteiger partial charge in [0.2, 0.25) is 0 Å². The third kappa shape index (κ3) is 2.69. The lowest BCUT2D eigenvalue weighted by Crippen LogP contribution is -2.41. The number of thiophene rings is 1. The van der Waals surface area contributed by atoms with Crippen LogP contribution >= 0.6 is 11.3 Å². The molecule has 1 atom stereocenters. The number of aromatic nitrogens is 1. The molecule has 0 spiro atoms. The number of rotatable bonds is 4. The zero-order chi connectivity index (χ0) is 14.0. The zero-order valence-electron chi connectivity index (χ0n) is 10.9. The summed E-state index contributed by atoms with van der Waals surface area (Å²) >= 11 is 1.32. The van der Waals surface area contributed by atoms with Gasteiger partial charge in [-0.1, -0.05) is 13.8 Å². The minimum Gasteiger partial charge on any atom is -0.396 e. The van der Waals surface area contributed by atoms with Crippen molar-refractivity contribution in [3.63, 3.8) is 0 Å². The van der Waals surface area contributed by atoms with E-state index in [-0.39, 0.29) is 24.5 Å². The van der Waals surface area contributed by atoms with Crippen molar-refractivity contribution in [3.8, 4) is 0 Å². The molecule has 0 saturated carbocycles. The molecule has 0 aromatic carbocycles. The Bertz CT molecular complexity index is 595. The maximum atomic E-state index is 12.2. The van der Waals surface area contributed by atoms with Gasteiger partial charge in [-0.15, -0.1) is 11.3 Å². The second-order valence-electron chi connectivity index (χ2n) is 4.70. The molecule has 1 amide bonds. The van der Waals surface area contributed by atoms with E-state index in [4.69, 9.17) is 5.73 Å². The first-order chi connectivity index (χ1) is 9.04. The van der Waals surface area contributed by atoms with Gasteiger partial charge in [-0.3, -0.25) is 9.78 Å². The SMILES string of the molecule is CC(C)[C@@H](CO)NC(=O)c1sc2cccnc2c1N. The molecule has 5 nitrogen and oxygen atoms in total. The quantitative estimate of drug-likeness (QED) is 0.793. The lowest BCUT2D eigenvalue weighted by molar-refractivity contribution is 0.0902. The summed E-state index contributed by atoms with van der Waals surface area (Å²) in [7, 11) is 0. The second kappa shape index (κ2) is 5.54. The van der Waals surface area contributed by atoms with Gasteiger partial charge in [0.1, 0.15) is 10.4 Å². The molecule has 2 aromatic rings. The molecule has 0 bridgehead atoms. The molecule has 0 aliphatic rings. The van der Waals surface area contributed by atoms with E-state index >= 15 is 0 Å². The maximum Gasteiger partial charge on any atom is 0.263 e. The highest BCUT2D eigenvalue weighted by Gasteiger charge is 2.21. The molecule has 0 radical (unpaired) electrons. The van der Waals surface area contributed by atoms with Gasteiger partial charge < -0.3 is 16.2 Å². The van der Waals surface area contributed by atoms with Gasteiger partial charge in [0.25, 0.3) is 5.91 Å². The first kappa shape index (κ1) is 13.8. The number of fused-ring (bicyclic) bond motifs is 1. The van der Waals surface area contributed by atoms with Gasteiger partial charge in [0.15, 0.2) is 0 Å². The van der Waals surface area contributed by atoms with Crippen molar-refractivity contribution in [2.24, 2.45) is 5.92 Å². The number of hydrogen-bond acceptors (Lipinski definition) is 5. The number of nitrogens with one attached hydrogen (secondary N) is 1. The lowest BCUT2D eigenvalue weighted by Gasteiger charge is -2.19. The van der Waals surface area contributed by atoms with E-state index in [1.807, 2.05) is 26.0 Å². The molecule has 0 unspecified atom stereocenters. The van der Waals surface area contributed by atoms with Crippen molar-refractivity contribution >= 4 is 33.1 Å². The number of anilines is 1. The highest BCUT2D eigenvalue weighted by Crippen LogP contribution is 2.31. The first-order valence-electron chi connectivity index (χ1n) is 6.09. The maximum absolute atomic E-state index is 12.2. The van der Waals surface area contributed by atoms with E-state index in [0.717, 1.165) is 4.70 Å². The fourth-order valence-electron chi connectivity index (χ4n) is 1.77. The Kier molecular flexibility index (Phi) is 4.01. The van der Waals surface area contributed by atoms with Gasteiger partial charge in [0, 0.05) is 6.20 Å². The van der Waals surface area contributed by atoms with Crippen LogP contribution in [0.1, 0.15) is 23.5 Å². The highest BCUT2D eigenvalue weighted by molar-refractivity contribution is 7.21. The van der Waals surface area contributed by atoms with Crippen molar-refractivity contribution in [1.29, 1.82) is 0 Å². The minimum atomic E-state index is -0.273. The van der Waals surface area contributed by atoms with Crippen LogP contribution in [0.4, 0.5) is 5.69 Å². The third-order valence-electron chi connectivity index (χ3n) is 3.01. The van der Waals surface area contributed by atoms with E-state index in [0.29, 0.717) is 16.1 Å². The van der Waals surface area contributed by atoms with Gasteiger partial charge in [-0.05, 0) is 18.1 Å². The molecule has 19 heavy (non-hydrogen) atoms. The molecular weight excluding hydrogens is 262 g/mol. The highest BCUT2D eigenvalue weighted by atomic mass is 32.1. The van der Waals surface area contributed by atoms with Gasteiger partial charge >= 0.3 is 0 Å². The van der Waals surface area contributed by atoms with Crippen molar-refractivity contribution in [2.45, 2.75) is 19.9 Å². The summed E-state index contributed by atoms with van der Waals surface area (Å²) in [5.74, 6) is -0.101. The van der Waals surface area contributed by atoms with Crippen LogP contribution in [0.3, 0.4) is 0 Å². The van der Waals surface area contributed by atoms with Crippen LogP contribution in [-0.2, 0) is 0 Å². The third-order valence-corrected chi connectivity index (χ3v) is 4.17. The number of aliphatic hydroxyl groups excluding tert-OH is 1. The Morgan fingerprint density at radius 3 is 2.89 bits per heavy atom. The summed E-state index contributed by atoms with van der Waals surface area (Å²) in [6, 6.07) is 3.42. The van der Waals surface area contributed by atoms with E-state index in [1.165, 1.54) is 11.3 Å². The summed E-state index contributed by atoms with van der Waals surface area (Å²) in [6.07, 6.45) is 1.65. The molecule has 2 rings (SSSR count). The predicted molar refractivity (Wildman–Crippen MR) is 77.2 cm³/mol. The van der Waals surface area contributed by atoms with Crippen molar-refractivity contribution < 1.29 is 9.90 Å². The van der Waals surface area contributed by atoms with Crippen LogP contribution in [0.5, 0.6) is 0 Å². The average molecular weight is 279 g/mol. The lowest BCUT2D eigenvalue weighted by atomic mass is 10.1. The topological polar surface area (TPSA) is 88.2 Å². The van der Waals surface area contributed by atoms with Crippen LogP contribution in [0.2, 0.25) is 0 Å². The molecule has 2 aromatic heterocycles. The summed E-state index contributed by atoms with van der Waals surface area (Å²) in [4.78, 5) is 16.8. The molecular formula is C13H17N3O2S. The summed E-state index contributed by atoms with van der Waals surface area (Å²) in [5.41, 5.74) is 7.01. The number of nitrogens with two attached hydrogens (primary N) is 1. The molecule has 2 heterocycles. The number of carbonyl (C=O) groups is 1. The Morgan fingerprint density at radius 1 is 1.58 bits per heavy atom. The molecule has 102 valence electrons. The van der Waals surface area contributed by atoms with E-state index in [1.54, 1.807) is 6.20 Å². The van der Waals surface area contributed by atoms with Gasteiger partial charge in [-0.2, -0.15) is 0 Å². The largest absolute Gasteiger partial charge is 0.396 e. The Hall–Kier alpha value is -1.66. The van der Waals surface area contributed by atoms with Crippen LogP contribution in [0.15, 0.2) is 18.3 Å². The van der Waals surface area contributed by atoms with Crippen molar-refractivity contribution in [2.75, 3.05) is 12.3 Å². The zero-order valence-corrected chi connectivity index (χ0v) is 11.7. The fraction of sp³-hybridized carbons (Fsp3) is 0.385. The number of hydrogen-bond donors (Lipinski definition) is 3. The van der Waals surface area contributed by atoms with E-state index in [9.17, 15) is 9.90 Å². The molecule has 0 saturated heterocycles. The number of carbonyl (C=O) groups excluding carboxylic acids is 1. The Morgan fingerprint density at radius 2 is 2.32 bits per heavy atom. The number of aliphatic hydroxyl groups is 1. The predicted octanol–water partition coefficient (Wildman–Crippen LogP) is 1.63. The number of amides is 1. The summed E-state index contributed by atoms with van der Waals surface area (Å²) in [5, 5.41) is 12.0. The summed E-state index contributed by atoms with van der Waals surface area (Å²) in [6.45, 7) is 3.79. The smallest absolute Gasteiger partial charge is 0.263 e. The first-order valence-corrected chi connectivity index (χ1v) is 6.91. The summed E-state index contributed by atoms with van der Waals surface area (Å²) < 4.78 is 0.884. The monoisotopic (exact) mass is 279 g/mol. The number of pyridine rings is 1. The average Bonchev–Trinajstić information content (AvgIpc) is 2.73. The van der Waals surface area contributed by atoms with Gasteiger partial charge in [0.05, 0.1) is 23.0 Å². The van der Waals surface area contributed by atoms with Crippen LogP contribution in [0, 0.1) is 5.92 Å². The molecule has 6 heteroatoms. The van der Waals surface area contributed by atoms with E-state index in [2.05, 4.69) is 10.3 Å². The van der Waals surface area contributed by atoms with E-state index < -0.39 is 0 Å². The van der Waals surface area contributed by atoms with Crippen LogP contribution in [-0.4, -0.2) is 28.6 Å². The van der Waals surface area contributed by atoms with Gasteiger partial charge in [-0.25, -0.2) is 0 Å². The Labute approximate surface area is 115 Å². The standard InChI is InChI=1S/C13H17N3O2S/c1-7(2)8(6-17)16-13(18)12-10(14)11-9(19-12)4-3-5-15-11/h3-5,7-8,17H,6,14H2,1-2H3,(H,16,18)/t8-/m1/s1. The molecule has 4 N–H and O–H groups in total. The molecule has 0 fully saturated rings. The minimum absolute atomic E-state index is 0.0908. The van der Waals surface area contributed by atoms with Crippen LogP contribution in [0.25, 0.3) is 10.2 Å². The second-order valence-corrected chi connectivity index (χ2v) is 5.75. The van der Waals surface area contributed by atoms with Crippen molar-refractivity contribution in [3.05, 3.63) is 23.2 Å². The molecule has 0 aliphatic carbocycles. The van der Waals surface area contributed by atoms with Crippen LogP contribution < -0.4 is 11.1 Å². The Balaban J connectivity index is 2.29.